The highest BCUT2D eigenvalue weighted by molar-refractivity contribution is 5.69. The second kappa shape index (κ2) is 14.0. The maximum absolute atomic E-state index is 11.2. The first-order valence-electron chi connectivity index (χ1n) is 10.2. The predicted octanol–water partition coefficient (Wildman–Crippen LogP) is -1.17. The summed E-state index contributed by atoms with van der Waals surface area (Å²) in [5, 5.41) is 27.6. The summed E-state index contributed by atoms with van der Waals surface area (Å²) in [6.07, 6.45) is 1.98. The third-order valence-corrected chi connectivity index (χ3v) is 5.27. The van der Waals surface area contributed by atoms with Crippen LogP contribution >= 0.6 is 0 Å². The number of carboxylic acids is 3. The van der Waals surface area contributed by atoms with Crippen molar-refractivity contribution in [1.29, 1.82) is 0 Å². The Labute approximate surface area is 176 Å². The van der Waals surface area contributed by atoms with Crippen LogP contribution in [0, 0.1) is 0 Å². The van der Waals surface area contributed by atoms with Crippen LogP contribution in [0.1, 0.15) is 19.8 Å². The third-order valence-electron chi connectivity index (χ3n) is 5.27. The van der Waals surface area contributed by atoms with E-state index in [0.717, 1.165) is 6.29 Å². The molecule has 0 aromatic carbocycles. The SMILES string of the molecule is CC(CCC=O)N1CCN(CC(=O)O)CCN(CC(=O)O)CCN(CC(=O)O)CC1. The number of rotatable bonds is 10. The van der Waals surface area contributed by atoms with Crippen LogP contribution in [-0.4, -0.2) is 137 Å². The maximum Gasteiger partial charge on any atom is 0.317 e. The number of carbonyl (C=O) groups excluding carboxylic acids is 1. The molecule has 0 aromatic rings. The van der Waals surface area contributed by atoms with Gasteiger partial charge in [-0.1, -0.05) is 0 Å². The number of nitrogens with zero attached hydrogens (tertiary/aromatic N) is 4. The summed E-state index contributed by atoms with van der Waals surface area (Å²) in [6.45, 7) is 5.22. The number of hydrogen-bond donors (Lipinski definition) is 3. The zero-order valence-corrected chi connectivity index (χ0v) is 17.6. The van der Waals surface area contributed by atoms with Crippen LogP contribution < -0.4 is 0 Å². The fourth-order valence-corrected chi connectivity index (χ4v) is 3.53. The first-order valence-corrected chi connectivity index (χ1v) is 10.2. The van der Waals surface area contributed by atoms with Crippen LogP contribution in [0.5, 0.6) is 0 Å². The van der Waals surface area contributed by atoms with E-state index in [0.29, 0.717) is 65.2 Å². The molecule has 1 heterocycles. The van der Waals surface area contributed by atoms with Gasteiger partial charge in [0.15, 0.2) is 0 Å². The molecule has 1 saturated heterocycles. The Morgan fingerprint density at radius 2 is 1.07 bits per heavy atom. The van der Waals surface area contributed by atoms with Gasteiger partial charge < -0.3 is 20.1 Å². The first kappa shape index (κ1) is 26.0. The molecule has 1 fully saturated rings. The van der Waals surface area contributed by atoms with E-state index < -0.39 is 17.9 Å². The van der Waals surface area contributed by atoms with Gasteiger partial charge in [-0.3, -0.25) is 34.0 Å². The van der Waals surface area contributed by atoms with Gasteiger partial charge in [-0.2, -0.15) is 0 Å². The van der Waals surface area contributed by atoms with E-state index in [-0.39, 0.29) is 25.7 Å². The summed E-state index contributed by atoms with van der Waals surface area (Å²) in [7, 11) is 0. The zero-order chi connectivity index (χ0) is 22.5. The fourth-order valence-electron chi connectivity index (χ4n) is 3.53. The molecule has 1 atom stereocenters. The van der Waals surface area contributed by atoms with Gasteiger partial charge in [-0.15, -0.1) is 0 Å². The summed E-state index contributed by atoms with van der Waals surface area (Å²) in [5.74, 6) is -2.87. The van der Waals surface area contributed by atoms with Gasteiger partial charge >= 0.3 is 17.9 Å². The van der Waals surface area contributed by atoms with Crippen molar-refractivity contribution in [3.8, 4) is 0 Å². The van der Waals surface area contributed by atoms with Crippen molar-refractivity contribution in [2.45, 2.75) is 25.8 Å². The molecule has 30 heavy (non-hydrogen) atoms. The summed E-state index contributed by atoms with van der Waals surface area (Å²) in [4.78, 5) is 51.8. The highest BCUT2D eigenvalue weighted by Crippen LogP contribution is 2.08. The van der Waals surface area contributed by atoms with Crippen LogP contribution in [0.4, 0.5) is 0 Å². The highest BCUT2D eigenvalue weighted by Gasteiger charge is 2.21. The van der Waals surface area contributed by atoms with Gasteiger partial charge in [0, 0.05) is 64.8 Å². The largest absolute Gasteiger partial charge is 0.480 e. The molecular formula is C19H34N4O7. The summed E-state index contributed by atoms with van der Waals surface area (Å²) in [6, 6.07) is 0.0972. The van der Waals surface area contributed by atoms with Crippen LogP contribution in [-0.2, 0) is 19.2 Å². The van der Waals surface area contributed by atoms with Gasteiger partial charge in [-0.05, 0) is 13.3 Å². The normalized spacial score (nSPS) is 20.0. The van der Waals surface area contributed by atoms with Gasteiger partial charge in [0.05, 0.1) is 19.6 Å². The minimum absolute atomic E-state index is 0.0972. The quantitative estimate of drug-likeness (QED) is 0.361. The molecule has 0 amide bonds. The monoisotopic (exact) mass is 430 g/mol. The topological polar surface area (TPSA) is 142 Å². The standard InChI is InChI=1S/C19H34N4O7/c1-16(3-2-12-24)23-10-8-21(14-18(27)28)6-4-20(13-17(25)26)5-7-22(9-11-23)15-19(29)30/h12,16H,2-11,13-15H2,1H3,(H,25,26)(H,27,28)(H,29,30). The molecule has 172 valence electrons. The molecular weight excluding hydrogens is 396 g/mol. The smallest absolute Gasteiger partial charge is 0.317 e. The summed E-state index contributed by atoms with van der Waals surface area (Å²) in [5.41, 5.74) is 0. The lowest BCUT2D eigenvalue weighted by atomic mass is 10.1. The van der Waals surface area contributed by atoms with Gasteiger partial charge in [0.1, 0.15) is 6.29 Å². The molecule has 1 unspecified atom stereocenters. The third kappa shape index (κ3) is 11.2. The number of aliphatic carboxylic acids is 3. The molecule has 0 spiro atoms. The molecule has 1 aliphatic heterocycles. The molecule has 11 heteroatoms. The minimum Gasteiger partial charge on any atom is -0.480 e. The number of hydrogen-bond acceptors (Lipinski definition) is 8. The van der Waals surface area contributed by atoms with E-state index in [1.165, 1.54) is 0 Å². The lowest BCUT2D eigenvalue weighted by Gasteiger charge is -2.35. The fraction of sp³-hybridized carbons (Fsp3) is 0.789. The molecule has 1 rings (SSSR count). The molecule has 0 aromatic heterocycles. The van der Waals surface area contributed by atoms with E-state index in [2.05, 4.69) is 4.90 Å². The van der Waals surface area contributed by atoms with Gasteiger partial charge in [0.25, 0.3) is 0 Å². The second-order valence-electron chi connectivity index (χ2n) is 7.64. The molecule has 1 aliphatic rings. The van der Waals surface area contributed by atoms with E-state index in [9.17, 15) is 29.4 Å². The Hall–Kier alpha value is -2.08. The number of aldehydes is 1. The van der Waals surface area contributed by atoms with Crippen molar-refractivity contribution < 1.29 is 34.5 Å². The minimum atomic E-state index is -0.980. The van der Waals surface area contributed by atoms with E-state index in [4.69, 9.17) is 5.11 Å². The van der Waals surface area contributed by atoms with Crippen molar-refractivity contribution >= 4 is 24.2 Å². The van der Waals surface area contributed by atoms with Crippen LogP contribution in [0.3, 0.4) is 0 Å². The lowest BCUT2D eigenvalue weighted by molar-refractivity contribution is -0.140. The number of carboxylic acid groups (broad SMARTS) is 3. The van der Waals surface area contributed by atoms with Crippen molar-refractivity contribution in [2.24, 2.45) is 0 Å². The average molecular weight is 431 g/mol. The maximum atomic E-state index is 11.2. The Bertz CT molecular complexity index is 543. The van der Waals surface area contributed by atoms with Crippen molar-refractivity contribution in [1.82, 2.24) is 19.6 Å². The van der Waals surface area contributed by atoms with Crippen molar-refractivity contribution in [2.75, 3.05) is 72.0 Å². The Balaban J connectivity index is 2.95. The summed E-state index contributed by atoms with van der Waals surface area (Å²) >= 11 is 0. The highest BCUT2D eigenvalue weighted by atomic mass is 16.4. The zero-order valence-electron chi connectivity index (χ0n) is 17.6. The van der Waals surface area contributed by atoms with Gasteiger partial charge in [0.2, 0.25) is 0 Å². The summed E-state index contributed by atoms with van der Waals surface area (Å²) < 4.78 is 0. The number of carbonyl (C=O) groups is 4. The van der Waals surface area contributed by atoms with E-state index >= 15 is 0 Å². The molecule has 3 N–H and O–H groups in total. The van der Waals surface area contributed by atoms with E-state index in [1.54, 1.807) is 14.7 Å². The van der Waals surface area contributed by atoms with Crippen LogP contribution in [0.2, 0.25) is 0 Å². The average Bonchev–Trinajstić information content (AvgIpc) is 2.64. The second-order valence-corrected chi connectivity index (χ2v) is 7.64. The Morgan fingerprint density at radius 1 is 0.733 bits per heavy atom. The molecule has 11 nitrogen and oxygen atoms in total. The van der Waals surface area contributed by atoms with Crippen molar-refractivity contribution in [3.05, 3.63) is 0 Å². The van der Waals surface area contributed by atoms with E-state index in [1.807, 2.05) is 6.92 Å². The molecule has 0 saturated carbocycles. The molecule has 0 bridgehead atoms. The molecule has 0 aliphatic carbocycles. The lowest BCUT2D eigenvalue weighted by Crippen LogP contribution is -2.49. The first-order chi connectivity index (χ1) is 14.2. The van der Waals surface area contributed by atoms with Crippen molar-refractivity contribution in [3.63, 3.8) is 0 Å². The molecule has 0 radical (unpaired) electrons. The Morgan fingerprint density at radius 3 is 1.37 bits per heavy atom. The van der Waals surface area contributed by atoms with Crippen LogP contribution in [0.25, 0.3) is 0 Å². The van der Waals surface area contributed by atoms with Gasteiger partial charge in [-0.25, -0.2) is 0 Å². The Kier molecular flexibility index (Phi) is 12.1. The predicted molar refractivity (Wildman–Crippen MR) is 109 cm³/mol. The van der Waals surface area contributed by atoms with Crippen LogP contribution in [0.15, 0.2) is 0 Å².